The van der Waals surface area contributed by atoms with E-state index in [0.29, 0.717) is 17.5 Å². The van der Waals surface area contributed by atoms with Gasteiger partial charge in [0.1, 0.15) is 0 Å². The van der Waals surface area contributed by atoms with Gasteiger partial charge in [-0.25, -0.2) is 15.0 Å². The first-order chi connectivity index (χ1) is 39.4. The normalized spacial score (nSPS) is 12.7. The highest BCUT2D eigenvalue weighted by molar-refractivity contribution is 6.23. The van der Waals surface area contributed by atoms with Gasteiger partial charge in [0, 0.05) is 71.7 Å². The Morgan fingerprint density at radius 1 is 0.300 bits per heavy atom. The van der Waals surface area contributed by atoms with Crippen LogP contribution in [-0.2, 0) is 5.41 Å². The lowest BCUT2D eigenvalue weighted by Crippen LogP contribution is -2.14. The Balaban J connectivity index is 0.889. The lowest BCUT2D eigenvalue weighted by atomic mass is 9.81. The standard InChI is InChI=1S/C74H50N6/c1-74(2)62-32-17-15-31-58(62)70-68(74)59-40-43-66-67(69(59)80(70)55-28-13-6-14-29-55)61-46-52(51-36-41-64-60(45-51)57-30-16-18-33-63(57)78(64)54-26-11-5-12-27-54)37-42-65(61)79(66)56-38-34-47(35-39-56)50-24-19-25-53(44-50)73-76-71(48-20-7-3-8-21-48)75-72(77-73)49-22-9-4-10-23-49/h3-46H,1-2H3. The van der Waals surface area contributed by atoms with Crippen LogP contribution >= 0.6 is 0 Å². The maximum atomic E-state index is 5.06. The van der Waals surface area contributed by atoms with E-state index in [0.717, 1.165) is 55.9 Å². The molecule has 0 saturated carbocycles. The van der Waals surface area contributed by atoms with Gasteiger partial charge in [-0.15, -0.1) is 0 Å². The Hall–Kier alpha value is -10.4. The molecular weight excluding hydrogens is 973 g/mol. The summed E-state index contributed by atoms with van der Waals surface area (Å²) in [5.74, 6) is 1.91. The van der Waals surface area contributed by atoms with Crippen LogP contribution in [0.2, 0.25) is 0 Å². The molecule has 11 aromatic carbocycles. The first kappa shape index (κ1) is 45.7. The third-order valence-electron chi connectivity index (χ3n) is 16.7. The molecule has 4 aromatic heterocycles. The molecular formula is C74H50N6. The Morgan fingerprint density at radius 3 is 1.44 bits per heavy atom. The molecule has 0 unspecified atom stereocenters. The lowest BCUT2D eigenvalue weighted by molar-refractivity contribution is 0.666. The van der Waals surface area contributed by atoms with Crippen LogP contribution in [0.15, 0.2) is 267 Å². The molecule has 0 fully saturated rings. The minimum Gasteiger partial charge on any atom is -0.309 e. The van der Waals surface area contributed by atoms with Crippen molar-refractivity contribution in [1.82, 2.24) is 28.7 Å². The number of hydrogen-bond donors (Lipinski definition) is 0. The highest BCUT2D eigenvalue weighted by atomic mass is 15.0. The molecule has 0 bridgehead atoms. The molecule has 0 spiro atoms. The molecule has 6 nitrogen and oxygen atoms in total. The number of nitrogens with zero attached hydrogens (tertiary/aromatic N) is 6. The minimum atomic E-state index is -0.221. The van der Waals surface area contributed by atoms with Crippen molar-refractivity contribution in [2.45, 2.75) is 19.3 Å². The van der Waals surface area contributed by atoms with Crippen molar-refractivity contribution >= 4 is 54.5 Å². The topological polar surface area (TPSA) is 53.5 Å². The fourth-order valence-electron chi connectivity index (χ4n) is 13.0. The van der Waals surface area contributed by atoms with Crippen molar-refractivity contribution in [1.29, 1.82) is 0 Å². The third kappa shape index (κ3) is 7.02. The van der Waals surface area contributed by atoms with Gasteiger partial charge < -0.3 is 13.7 Å². The maximum absolute atomic E-state index is 5.06. The van der Waals surface area contributed by atoms with E-state index in [-0.39, 0.29) is 5.41 Å². The predicted molar refractivity (Wildman–Crippen MR) is 330 cm³/mol. The molecule has 0 aliphatic heterocycles. The van der Waals surface area contributed by atoms with E-state index >= 15 is 0 Å². The summed E-state index contributed by atoms with van der Waals surface area (Å²) in [6.45, 7) is 4.79. The van der Waals surface area contributed by atoms with Gasteiger partial charge in [0.15, 0.2) is 17.5 Å². The van der Waals surface area contributed by atoms with Gasteiger partial charge >= 0.3 is 0 Å². The van der Waals surface area contributed by atoms with Crippen LogP contribution in [0, 0.1) is 0 Å². The fourth-order valence-corrected chi connectivity index (χ4v) is 13.0. The van der Waals surface area contributed by atoms with Gasteiger partial charge in [0.2, 0.25) is 0 Å². The monoisotopic (exact) mass is 1020 g/mol. The zero-order valence-corrected chi connectivity index (χ0v) is 44.1. The van der Waals surface area contributed by atoms with Crippen molar-refractivity contribution in [3.8, 4) is 84.7 Å². The number of aromatic nitrogens is 6. The van der Waals surface area contributed by atoms with Gasteiger partial charge in [-0.1, -0.05) is 202 Å². The van der Waals surface area contributed by atoms with Crippen molar-refractivity contribution < 1.29 is 0 Å². The lowest BCUT2D eigenvalue weighted by Gasteiger charge is -2.21. The molecule has 1 aliphatic carbocycles. The summed E-state index contributed by atoms with van der Waals surface area (Å²) in [7, 11) is 0. The Kier molecular flexibility index (Phi) is 10.2. The molecule has 16 rings (SSSR count). The van der Waals surface area contributed by atoms with Crippen LogP contribution in [0.4, 0.5) is 0 Å². The second-order valence-electron chi connectivity index (χ2n) is 21.6. The quantitative estimate of drug-likeness (QED) is 0.152. The van der Waals surface area contributed by atoms with Gasteiger partial charge in [-0.05, 0) is 112 Å². The van der Waals surface area contributed by atoms with E-state index in [9.17, 15) is 0 Å². The van der Waals surface area contributed by atoms with E-state index in [1.807, 2.05) is 60.7 Å². The highest BCUT2D eigenvalue weighted by Gasteiger charge is 2.41. The molecule has 0 amide bonds. The summed E-state index contributed by atoms with van der Waals surface area (Å²) in [6, 6.07) is 96.2. The number of para-hydroxylation sites is 3. The zero-order valence-electron chi connectivity index (χ0n) is 44.1. The first-order valence-electron chi connectivity index (χ1n) is 27.4. The summed E-state index contributed by atoms with van der Waals surface area (Å²) in [5.41, 5.74) is 21.7. The van der Waals surface area contributed by atoms with Crippen LogP contribution in [0.1, 0.15) is 25.0 Å². The zero-order chi connectivity index (χ0) is 53.1. The Bertz CT molecular complexity index is 4880. The van der Waals surface area contributed by atoms with Crippen molar-refractivity contribution in [2.75, 3.05) is 0 Å². The molecule has 0 saturated heterocycles. The number of fused-ring (bicyclic) bond motifs is 12. The number of benzene rings is 11. The van der Waals surface area contributed by atoms with E-state index in [4.69, 9.17) is 15.0 Å². The van der Waals surface area contributed by atoms with Gasteiger partial charge in [0.05, 0.1) is 33.3 Å². The van der Waals surface area contributed by atoms with Crippen LogP contribution < -0.4 is 0 Å². The molecule has 0 radical (unpaired) electrons. The van der Waals surface area contributed by atoms with Crippen LogP contribution in [0.25, 0.3) is 139 Å². The molecule has 4 heterocycles. The molecule has 80 heavy (non-hydrogen) atoms. The van der Waals surface area contributed by atoms with Crippen LogP contribution in [0.5, 0.6) is 0 Å². The fraction of sp³-hybridized carbons (Fsp3) is 0.0405. The summed E-state index contributed by atoms with van der Waals surface area (Å²) >= 11 is 0. The SMILES string of the molecule is CC1(C)c2ccccc2-c2c1c1ccc3c(c4cc(-c5ccc6c(c5)c5ccccc5n6-c5ccccc5)ccc4n3-c3ccc(-c4cccc(-c5nc(-c6ccccc6)nc(-c6ccccc6)n5)c4)cc3)c1n2-c1ccccc1. The van der Waals surface area contributed by atoms with E-state index in [1.54, 1.807) is 0 Å². The summed E-state index contributed by atoms with van der Waals surface area (Å²) in [6.07, 6.45) is 0. The maximum Gasteiger partial charge on any atom is 0.164 e. The molecule has 15 aromatic rings. The van der Waals surface area contributed by atoms with Crippen molar-refractivity contribution in [2.24, 2.45) is 0 Å². The largest absolute Gasteiger partial charge is 0.309 e. The van der Waals surface area contributed by atoms with Gasteiger partial charge in [0.25, 0.3) is 0 Å². The van der Waals surface area contributed by atoms with E-state index < -0.39 is 0 Å². The Labute approximate surface area is 462 Å². The number of hydrogen-bond acceptors (Lipinski definition) is 3. The predicted octanol–water partition coefficient (Wildman–Crippen LogP) is 18.7. The molecule has 376 valence electrons. The molecule has 6 heteroatoms. The Morgan fingerprint density at radius 2 is 0.762 bits per heavy atom. The minimum absolute atomic E-state index is 0.221. The van der Waals surface area contributed by atoms with Gasteiger partial charge in [-0.3, -0.25) is 0 Å². The summed E-state index contributed by atoms with van der Waals surface area (Å²) < 4.78 is 7.42. The van der Waals surface area contributed by atoms with Crippen molar-refractivity contribution in [3.63, 3.8) is 0 Å². The average Bonchev–Trinajstić information content (AvgIpc) is 4.43. The average molecular weight is 1020 g/mol. The van der Waals surface area contributed by atoms with Crippen molar-refractivity contribution in [3.05, 3.63) is 278 Å². The molecule has 0 atom stereocenters. The van der Waals surface area contributed by atoms with E-state index in [1.165, 1.54) is 77.0 Å². The second-order valence-corrected chi connectivity index (χ2v) is 21.6. The van der Waals surface area contributed by atoms with Crippen LogP contribution in [0.3, 0.4) is 0 Å². The summed E-state index contributed by atoms with van der Waals surface area (Å²) in [5, 5.41) is 6.17. The van der Waals surface area contributed by atoms with E-state index in [2.05, 4.69) is 234 Å². The third-order valence-corrected chi connectivity index (χ3v) is 16.7. The van der Waals surface area contributed by atoms with Gasteiger partial charge in [-0.2, -0.15) is 0 Å². The smallest absolute Gasteiger partial charge is 0.164 e. The summed E-state index contributed by atoms with van der Waals surface area (Å²) in [4.78, 5) is 15.1. The highest BCUT2D eigenvalue weighted by Crippen LogP contribution is 2.55. The first-order valence-corrected chi connectivity index (χ1v) is 27.4. The van der Waals surface area contributed by atoms with Crippen LogP contribution in [-0.4, -0.2) is 28.7 Å². The molecule has 0 N–H and O–H groups in total. The second kappa shape index (κ2) is 17.8. The molecule has 1 aliphatic rings. The number of rotatable bonds is 8.